The van der Waals surface area contributed by atoms with Gasteiger partial charge in [0.15, 0.2) is 0 Å². The molecule has 0 saturated carbocycles. The fourth-order valence-electron chi connectivity index (χ4n) is 2.87. The van der Waals surface area contributed by atoms with Gasteiger partial charge in [0, 0.05) is 31.0 Å². The van der Waals surface area contributed by atoms with E-state index in [0.29, 0.717) is 11.4 Å². The van der Waals surface area contributed by atoms with Crippen LogP contribution >= 0.6 is 0 Å². The molecule has 2 heterocycles. The van der Waals surface area contributed by atoms with E-state index in [-0.39, 0.29) is 12.1 Å². The van der Waals surface area contributed by atoms with E-state index in [1.165, 1.54) is 6.20 Å². The van der Waals surface area contributed by atoms with Crippen molar-refractivity contribution >= 4 is 10.0 Å². The van der Waals surface area contributed by atoms with E-state index >= 15 is 0 Å². The zero-order chi connectivity index (χ0) is 15.3. The molecule has 6 heteroatoms. The van der Waals surface area contributed by atoms with Crippen molar-refractivity contribution in [2.75, 3.05) is 13.1 Å². The molecule has 2 rings (SSSR count). The van der Waals surface area contributed by atoms with Gasteiger partial charge in [-0.2, -0.15) is 4.31 Å². The lowest BCUT2D eigenvalue weighted by atomic mass is 9.99. The van der Waals surface area contributed by atoms with Crippen LogP contribution in [0.15, 0.2) is 29.4 Å². The minimum absolute atomic E-state index is 0.0236. The molecule has 0 aliphatic carbocycles. The average Bonchev–Trinajstić information content (AvgIpc) is 2.53. The van der Waals surface area contributed by atoms with Crippen LogP contribution in [0.2, 0.25) is 0 Å². The quantitative estimate of drug-likeness (QED) is 0.873. The standard InChI is InChI=1S/C15H25N3O2S/c1-3-9-17-13(2)15-8-4-5-11-18(15)21(19,20)14-7-6-10-16-12-14/h6-7,10,12-13,15,17H,3-5,8-9,11H2,1-2H3. The summed E-state index contributed by atoms with van der Waals surface area (Å²) >= 11 is 0. The van der Waals surface area contributed by atoms with Crippen LogP contribution in [0.4, 0.5) is 0 Å². The van der Waals surface area contributed by atoms with Crippen LogP contribution < -0.4 is 5.32 Å². The number of hydrogen-bond acceptors (Lipinski definition) is 4. The molecule has 0 amide bonds. The van der Waals surface area contributed by atoms with Gasteiger partial charge in [0.05, 0.1) is 0 Å². The number of aromatic nitrogens is 1. The minimum Gasteiger partial charge on any atom is -0.313 e. The Hall–Kier alpha value is -0.980. The maximum Gasteiger partial charge on any atom is 0.244 e. The molecule has 1 aliphatic rings. The fraction of sp³-hybridized carbons (Fsp3) is 0.667. The van der Waals surface area contributed by atoms with Gasteiger partial charge in [0.2, 0.25) is 10.0 Å². The Morgan fingerprint density at radius 2 is 2.29 bits per heavy atom. The van der Waals surface area contributed by atoms with Crippen molar-refractivity contribution in [3.05, 3.63) is 24.5 Å². The molecule has 1 saturated heterocycles. The van der Waals surface area contributed by atoms with Crippen LogP contribution in [0, 0.1) is 0 Å². The van der Waals surface area contributed by atoms with Crippen LogP contribution in [0.5, 0.6) is 0 Å². The number of nitrogens with zero attached hydrogens (tertiary/aromatic N) is 2. The molecular weight excluding hydrogens is 286 g/mol. The van der Waals surface area contributed by atoms with Gasteiger partial charge in [0.25, 0.3) is 0 Å². The van der Waals surface area contributed by atoms with Crippen molar-refractivity contribution in [3.8, 4) is 0 Å². The van der Waals surface area contributed by atoms with E-state index < -0.39 is 10.0 Å². The van der Waals surface area contributed by atoms with Gasteiger partial charge in [-0.1, -0.05) is 13.3 Å². The molecule has 21 heavy (non-hydrogen) atoms. The minimum atomic E-state index is -3.45. The lowest BCUT2D eigenvalue weighted by Crippen LogP contribution is -2.53. The third kappa shape index (κ3) is 3.81. The first-order valence-electron chi connectivity index (χ1n) is 7.72. The maximum atomic E-state index is 12.8. The number of sulfonamides is 1. The van der Waals surface area contributed by atoms with E-state index in [9.17, 15) is 8.42 Å². The number of nitrogens with one attached hydrogen (secondary N) is 1. The summed E-state index contributed by atoms with van der Waals surface area (Å²) in [6.07, 6.45) is 7.01. The lowest BCUT2D eigenvalue weighted by molar-refractivity contribution is 0.208. The summed E-state index contributed by atoms with van der Waals surface area (Å²) < 4.78 is 27.3. The molecule has 1 aromatic rings. The number of rotatable bonds is 6. The van der Waals surface area contributed by atoms with E-state index in [2.05, 4.69) is 24.1 Å². The SMILES string of the molecule is CCCNC(C)C1CCCCN1S(=O)(=O)c1cccnc1. The summed E-state index contributed by atoms with van der Waals surface area (Å²) in [5, 5.41) is 3.43. The molecule has 118 valence electrons. The van der Waals surface area contributed by atoms with Gasteiger partial charge in [-0.3, -0.25) is 4.98 Å². The van der Waals surface area contributed by atoms with Crippen LogP contribution in [0.3, 0.4) is 0 Å². The molecule has 0 spiro atoms. The molecular formula is C15H25N3O2S. The number of pyridine rings is 1. The Bertz CT molecular complexity index is 533. The zero-order valence-corrected chi connectivity index (χ0v) is 13.6. The second-order valence-corrected chi connectivity index (χ2v) is 7.50. The summed E-state index contributed by atoms with van der Waals surface area (Å²) in [6, 6.07) is 3.48. The molecule has 0 bridgehead atoms. The molecule has 5 nitrogen and oxygen atoms in total. The monoisotopic (exact) mass is 311 g/mol. The van der Waals surface area contributed by atoms with Crippen molar-refractivity contribution in [2.45, 2.75) is 56.5 Å². The first kappa shape index (κ1) is 16.4. The first-order valence-corrected chi connectivity index (χ1v) is 9.16. The van der Waals surface area contributed by atoms with Crippen molar-refractivity contribution in [3.63, 3.8) is 0 Å². The van der Waals surface area contributed by atoms with E-state index in [4.69, 9.17) is 0 Å². The van der Waals surface area contributed by atoms with Crippen LogP contribution in [0.1, 0.15) is 39.5 Å². The van der Waals surface area contributed by atoms with Gasteiger partial charge in [-0.15, -0.1) is 0 Å². The molecule has 1 aromatic heterocycles. The van der Waals surface area contributed by atoms with Crippen LogP contribution in [-0.4, -0.2) is 42.9 Å². The Morgan fingerprint density at radius 1 is 1.48 bits per heavy atom. The van der Waals surface area contributed by atoms with Crippen molar-refractivity contribution in [1.82, 2.24) is 14.6 Å². The summed E-state index contributed by atoms with van der Waals surface area (Å²) in [4.78, 5) is 4.24. The Balaban J connectivity index is 2.22. The van der Waals surface area contributed by atoms with Gasteiger partial charge >= 0.3 is 0 Å². The van der Waals surface area contributed by atoms with Gasteiger partial charge < -0.3 is 5.32 Å². The normalized spacial score (nSPS) is 22.1. The fourth-order valence-corrected chi connectivity index (χ4v) is 4.60. The van der Waals surface area contributed by atoms with Crippen LogP contribution in [-0.2, 0) is 10.0 Å². The number of piperidine rings is 1. The van der Waals surface area contributed by atoms with Crippen molar-refractivity contribution in [1.29, 1.82) is 0 Å². The van der Waals surface area contributed by atoms with E-state index in [1.54, 1.807) is 22.6 Å². The second kappa shape index (κ2) is 7.33. The largest absolute Gasteiger partial charge is 0.313 e. The molecule has 1 aliphatic heterocycles. The highest BCUT2D eigenvalue weighted by Crippen LogP contribution is 2.26. The maximum absolute atomic E-state index is 12.8. The Kier molecular flexibility index (Phi) is 5.72. The molecule has 2 unspecified atom stereocenters. The average molecular weight is 311 g/mol. The Labute approximate surface area is 127 Å². The summed E-state index contributed by atoms with van der Waals surface area (Å²) in [6.45, 7) is 5.71. The highest BCUT2D eigenvalue weighted by Gasteiger charge is 2.36. The van der Waals surface area contributed by atoms with Crippen LogP contribution in [0.25, 0.3) is 0 Å². The summed E-state index contributed by atoms with van der Waals surface area (Å²) in [5.41, 5.74) is 0. The molecule has 1 N–H and O–H groups in total. The second-order valence-electron chi connectivity index (χ2n) is 5.61. The van der Waals surface area contributed by atoms with E-state index in [0.717, 1.165) is 32.2 Å². The molecule has 0 aromatic carbocycles. The molecule has 1 fully saturated rings. The Morgan fingerprint density at radius 3 is 2.95 bits per heavy atom. The first-order chi connectivity index (χ1) is 10.1. The predicted octanol–water partition coefficient (Wildman–Crippen LogP) is 2.01. The zero-order valence-electron chi connectivity index (χ0n) is 12.8. The number of hydrogen-bond donors (Lipinski definition) is 1. The topological polar surface area (TPSA) is 62.3 Å². The molecule has 0 radical (unpaired) electrons. The highest BCUT2D eigenvalue weighted by molar-refractivity contribution is 7.89. The lowest BCUT2D eigenvalue weighted by Gasteiger charge is -2.38. The van der Waals surface area contributed by atoms with E-state index in [1.807, 2.05) is 0 Å². The van der Waals surface area contributed by atoms with Crippen molar-refractivity contribution < 1.29 is 8.42 Å². The summed E-state index contributed by atoms with van der Waals surface area (Å²) in [7, 11) is -3.45. The predicted molar refractivity (Wildman–Crippen MR) is 83.5 cm³/mol. The third-order valence-electron chi connectivity index (χ3n) is 4.03. The highest BCUT2D eigenvalue weighted by atomic mass is 32.2. The third-order valence-corrected chi connectivity index (χ3v) is 5.94. The van der Waals surface area contributed by atoms with Gasteiger partial charge in [0.1, 0.15) is 4.90 Å². The molecule has 2 atom stereocenters. The van der Waals surface area contributed by atoms with Crippen molar-refractivity contribution in [2.24, 2.45) is 0 Å². The summed E-state index contributed by atoms with van der Waals surface area (Å²) in [5.74, 6) is 0. The van der Waals surface area contributed by atoms with Gasteiger partial charge in [-0.25, -0.2) is 8.42 Å². The smallest absolute Gasteiger partial charge is 0.244 e. The van der Waals surface area contributed by atoms with Gasteiger partial charge in [-0.05, 0) is 44.9 Å².